The number of allylic oxidation sites excluding steroid dienone is 2. The standard InChI is InChI=1S/C66H18F32O4/c1-3-5-13-11-15(7-9-17(13)99)101-65-61(95)57(91)31(58(92)62(65)96)29-53(87)49(83)27(50(84)54(29)88)25-45(79)41(75)23(42(76)46(25)80)21-37(71)33(67)19(34(68)38(21)72)20-35(69)39(73)22(40(74)36(20)70)24-43(77)47(81)26(48(82)44(24)78)28-51(85)55(89)30(56(90)52(28)86)32-59(93)63(97)66(64(98)60(32)94)102-16-8-10-18(100)14(12-16)6-4-2/h3-4,7-12,99-100H,1-2,5-6H2. The van der Waals surface area contributed by atoms with E-state index in [0.29, 0.717) is 0 Å². The molecule has 0 aliphatic heterocycles. The predicted octanol–water partition coefficient (Wildman–Crippen LogP) is 22.3. The highest BCUT2D eigenvalue weighted by atomic mass is 19.2. The molecule has 10 rings (SSSR count). The van der Waals surface area contributed by atoms with Crippen molar-refractivity contribution in [3.8, 4) is 112 Å². The number of benzene rings is 10. The molecule has 102 heavy (non-hydrogen) atoms. The molecule has 4 nitrogen and oxygen atoms in total. The average Bonchev–Trinajstić information content (AvgIpc) is 0.724. The van der Waals surface area contributed by atoms with Crippen LogP contribution in [0.5, 0.6) is 34.5 Å². The number of phenolic OH excluding ortho intramolecular Hbond substituents is 2. The second-order valence-electron chi connectivity index (χ2n) is 20.7. The molecule has 0 aromatic heterocycles. The van der Waals surface area contributed by atoms with Crippen LogP contribution in [-0.2, 0) is 12.8 Å². The number of halogens is 32. The highest BCUT2D eigenvalue weighted by molar-refractivity contribution is 5.83. The molecule has 0 bridgehead atoms. The zero-order valence-electron chi connectivity index (χ0n) is 48.3. The monoisotopic (exact) mass is 1480 g/mol. The summed E-state index contributed by atoms with van der Waals surface area (Å²) in [5.41, 5.74) is -43.0. The van der Waals surface area contributed by atoms with Crippen LogP contribution < -0.4 is 9.47 Å². The number of hydrogen-bond acceptors (Lipinski definition) is 4. The van der Waals surface area contributed by atoms with Gasteiger partial charge in [-0.15, -0.1) is 13.2 Å². The summed E-state index contributed by atoms with van der Waals surface area (Å²) in [5.74, 6) is -114. The molecule has 0 saturated carbocycles. The second kappa shape index (κ2) is 26.6. The zero-order valence-corrected chi connectivity index (χ0v) is 48.3. The maximum atomic E-state index is 16.0. The van der Waals surface area contributed by atoms with E-state index in [-0.39, 0.29) is 24.0 Å². The third-order valence-electron chi connectivity index (χ3n) is 15.0. The Balaban J connectivity index is 1.03. The van der Waals surface area contributed by atoms with Crippen LogP contribution in [0.15, 0.2) is 61.7 Å². The lowest BCUT2D eigenvalue weighted by Gasteiger charge is -2.19. The largest absolute Gasteiger partial charge is 0.508 e. The van der Waals surface area contributed by atoms with Gasteiger partial charge in [-0.3, -0.25) is 0 Å². The lowest BCUT2D eigenvalue weighted by Crippen LogP contribution is -2.14. The third kappa shape index (κ3) is 11.0. The van der Waals surface area contributed by atoms with E-state index < -0.39 is 299 Å². The average molecular weight is 1480 g/mol. The van der Waals surface area contributed by atoms with Crippen molar-refractivity contribution in [1.82, 2.24) is 0 Å². The first-order valence-corrected chi connectivity index (χ1v) is 26.9. The quantitative estimate of drug-likeness (QED) is 0.0610. The fourth-order valence-corrected chi connectivity index (χ4v) is 10.4. The first-order valence-electron chi connectivity index (χ1n) is 26.9. The van der Waals surface area contributed by atoms with Gasteiger partial charge < -0.3 is 19.7 Å². The first kappa shape index (κ1) is 73.4. The van der Waals surface area contributed by atoms with Gasteiger partial charge in [0.1, 0.15) is 23.0 Å². The van der Waals surface area contributed by atoms with Crippen molar-refractivity contribution in [2.45, 2.75) is 12.8 Å². The summed E-state index contributed by atoms with van der Waals surface area (Å²) in [7, 11) is 0. The van der Waals surface area contributed by atoms with Crippen LogP contribution in [-0.4, -0.2) is 10.2 Å². The minimum atomic E-state index is -3.64. The SMILES string of the molecule is C=CCc1cc(Oc2c(F)c(F)c(-c3c(F)c(F)c(-c4c(F)c(F)c(-c5c(F)c(F)c(-c6c(F)c(F)c(-c7c(F)c(F)c(-c8c(F)c(F)c(-c9c(F)c(F)c(Oc%10ccc(O)c(CC=C)c%10)c(F)c9F)c(F)c8F)c(F)c7F)c(F)c6F)c(F)c5F)c(F)c4F)c(F)c3F)c(F)c2F)ccc1O. The molecule has 0 amide bonds. The van der Waals surface area contributed by atoms with Gasteiger partial charge in [0.15, 0.2) is 163 Å². The summed E-state index contributed by atoms with van der Waals surface area (Å²) in [4.78, 5) is 0. The summed E-state index contributed by atoms with van der Waals surface area (Å²) in [6.45, 7) is 6.69. The van der Waals surface area contributed by atoms with Gasteiger partial charge in [-0.2, -0.15) is 17.6 Å². The summed E-state index contributed by atoms with van der Waals surface area (Å²) in [6.07, 6.45) is 1.98. The Bertz CT molecular complexity index is 4840. The van der Waals surface area contributed by atoms with Gasteiger partial charge in [0.05, 0.1) is 77.9 Å². The smallest absolute Gasteiger partial charge is 0.205 e. The molecule has 0 unspecified atom stereocenters. The fraction of sp³-hybridized carbons (Fsp3) is 0.0303. The number of hydrogen-bond donors (Lipinski definition) is 2. The third-order valence-corrected chi connectivity index (χ3v) is 15.0. The highest BCUT2D eigenvalue weighted by Gasteiger charge is 2.44. The molecule has 0 spiro atoms. The van der Waals surface area contributed by atoms with Crippen LogP contribution in [0.1, 0.15) is 11.1 Å². The van der Waals surface area contributed by atoms with Crippen molar-refractivity contribution >= 4 is 0 Å². The Hall–Kier alpha value is -11.4. The highest BCUT2D eigenvalue weighted by Crippen LogP contribution is 2.51. The predicted molar refractivity (Wildman–Crippen MR) is 287 cm³/mol. The van der Waals surface area contributed by atoms with Gasteiger partial charge in [0, 0.05) is 11.1 Å². The second-order valence-corrected chi connectivity index (χ2v) is 20.7. The van der Waals surface area contributed by atoms with Crippen molar-refractivity contribution in [2.75, 3.05) is 0 Å². The van der Waals surface area contributed by atoms with Crippen molar-refractivity contribution in [1.29, 1.82) is 0 Å². The summed E-state index contributed by atoms with van der Waals surface area (Å²) in [5, 5.41) is 19.8. The van der Waals surface area contributed by atoms with Crippen LogP contribution >= 0.6 is 0 Å². The van der Waals surface area contributed by atoms with E-state index in [4.69, 9.17) is 9.47 Å². The molecule has 2 N–H and O–H groups in total. The van der Waals surface area contributed by atoms with Gasteiger partial charge in [-0.05, 0) is 49.2 Å². The summed E-state index contributed by atoms with van der Waals surface area (Å²) in [6, 6.07) is 4.74. The van der Waals surface area contributed by atoms with Crippen LogP contribution in [0.3, 0.4) is 0 Å². The Kier molecular flexibility index (Phi) is 19.1. The van der Waals surface area contributed by atoms with Gasteiger partial charge in [-0.1, -0.05) is 12.2 Å². The van der Waals surface area contributed by atoms with E-state index in [0.717, 1.165) is 36.4 Å². The van der Waals surface area contributed by atoms with E-state index >= 15 is 140 Å². The zero-order chi connectivity index (χ0) is 75.7. The van der Waals surface area contributed by atoms with E-state index in [9.17, 15) is 10.2 Å². The maximum absolute atomic E-state index is 16.0. The molecular formula is C66H18F32O4. The van der Waals surface area contributed by atoms with Gasteiger partial charge in [0.2, 0.25) is 34.8 Å². The van der Waals surface area contributed by atoms with Crippen molar-refractivity contribution in [3.63, 3.8) is 0 Å². The molecule has 36 heteroatoms. The van der Waals surface area contributed by atoms with E-state index in [2.05, 4.69) is 13.2 Å². The molecular weight excluding hydrogens is 1460 g/mol. The Morgan fingerprint density at radius 3 is 0.471 bits per heavy atom. The molecule has 0 atom stereocenters. The summed E-state index contributed by atoms with van der Waals surface area (Å²) >= 11 is 0. The number of rotatable bonds is 15. The maximum Gasteiger partial charge on any atom is 0.205 e. The normalized spacial score (nSPS) is 11.6. The molecule has 530 valence electrons. The Morgan fingerprint density at radius 1 is 0.216 bits per heavy atom. The Morgan fingerprint density at radius 2 is 0.343 bits per heavy atom. The number of ether oxygens (including phenoxy) is 2. The molecule has 10 aromatic carbocycles. The van der Waals surface area contributed by atoms with E-state index in [1.807, 2.05) is 0 Å². The molecule has 10 aromatic rings. The Labute approximate surface area is 543 Å². The first-order chi connectivity index (χ1) is 47.8. The van der Waals surface area contributed by atoms with Crippen molar-refractivity contribution < 1.29 is 160 Å². The molecule has 0 heterocycles. The lowest BCUT2D eigenvalue weighted by molar-refractivity contribution is 0.366. The molecule has 0 saturated heterocycles. The van der Waals surface area contributed by atoms with Gasteiger partial charge in [-0.25, -0.2) is 123 Å². The van der Waals surface area contributed by atoms with Crippen LogP contribution in [0.4, 0.5) is 140 Å². The lowest BCUT2D eigenvalue weighted by atomic mass is 9.90. The topological polar surface area (TPSA) is 58.9 Å². The minimum absolute atomic E-state index is 0.101. The van der Waals surface area contributed by atoms with Gasteiger partial charge >= 0.3 is 0 Å². The van der Waals surface area contributed by atoms with Crippen molar-refractivity contribution in [3.05, 3.63) is 259 Å². The fourth-order valence-electron chi connectivity index (χ4n) is 10.4. The van der Waals surface area contributed by atoms with Crippen LogP contribution in [0, 0.1) is 186 Å². The number of phenols is 2. The molecule has 0 aliphatic carbocycles. The van der Waals surface area contributed by atoms with Crippen LogP contribution in [0.2, 0.25) is 0 Å². The van der Waals surface area contributed by atoms with Crippen LogP contribution in [0.25, 0.3) is 77.9 Å². The summed E-state index contributed by atoms with van der Waals surface area (Å²) < 4.78 is 514. The van der Waals surface area contributed by atoms with Gasteiger partial charge in [0.25, 0.3) is 0 Å². The molecule has 0 radical (unpaired) electrons. The number of aromatic hydroxyl groups is 2. The molecule has 0 fully saturated rings. The molecule has 0 aliphatic rings. The minimum Gasteiger partial charge on any atom is -0.508 e. The van der Waals surface area contributed by atoms with Crippen molar-refractivity contribution in [2.24, 2.45) is 0 Å². The van der Waals surface area contributed by atoms with E-state index in [1.165, 1.54) is 12.2 Å². The van der Waals surface area contributed by atoms with E-state index in [1.54, 1.807) is 0 Å².